The second-order valence-electron chi connectivity index (χ2n) is 5.59. The molecule has 21 heavy (non-hydrogen) atoms. The smallest absolute Gasteiger partial charge is 0.261 e. The predicted molar refractivity (Wildman–Crippen MR) is 76.6 cm³/mol. The zero-order valence-corrected chi connectivity index (χ0v) is 11.3. The standard InChI is InChI=1S/C17H14FNO2/c18-12-5-2-6-13(9-12)19-16(20)14-7-10-3-1-4-11(10)8-15(14)17(19)21/h2,5-9,16,20H,1,3-4H2. The molecular weight excluding hydrogens is 269 g/mol. The maximum atomic E-state index is 13.4. The van der Waals surface area contributed by atoms with Gasteiger partial charge in [-0.2, -0.15) is 0 Å². The number of hydrogen-bond acceptors (Lipinski definition) is 2. The fraction of sp³-hybridized carbons (Fsp3) is 0.235. The van der Waals surface area contributed by atoms with Gasteiger partial charge in [0.25, 0.3) is 5.91 Å². The number of carbonyl (C=O) groups excluding carboxylic acids is 1. The minimum Gasteiger partial charge on any atom is -0.369 e. The number of aryl methyl sites for hydroxylation is 2. The van der Waals surface area contributed by atoms with E-state index in [1.165, 1.54) is 34.2 Å². The number of anilines is 1. The van der Waals surface area contributed by atoms with Crippen LogP contribution in [0.2, 0.25) is 0 Å². The number of carbonyl (C=O) groups is 1. The van der Waals surface area contributed by atoms with Gasteiger partial charge in [0.05, 0.1) is 0 Å². The van der Waals surface area contributed by atoms with Crippen molar-refractivity contribution in [3.8, 4) is 0 Å². The third-order valence-corrected chi connectivity index (χ3v) is 4.32. The van der Waals surface area contributed by atoms with E-state index in [0.29, 0.717) is 16.8 Å². The molecule has 0 radical (unpaired) electrons. The van der Waals surface area contributed by atoms with Gasteiger partial charge in [-0.25, -0.2) is 4.39 Å². The number of aliphatic hydroxyl groups is 1. The molecule has 1 heterocycles. The third-order valence-electron chi connectivity index (χ3n) is 4.32. The first kappa shape index (κ1) is 12.5. The van der Waals surface area contributed by atoms with Crippen molar-refractivity contribution in [3.63, 3.8) is 0 Å². The van der Waals surface area contributed by atoms with Crippen molar-refractivity contribution < 1.29 is 14.3 Å². The summed E-state index contributed by atoms with van der Waals surface area (Å²) in [7, 11) is 0. The van der Waals surface area contributed by atoms with Crippen LogP contribution in [0.25, 0.3) is 0 Å². The molecule has 0 saturated carbocycles. The van der Waals surface area contributed by atoms with Crippen LogP contribution < -0.4 is 4.90 Å². The van der Waals surface area contributed by atoms with Crippen LogP contribution in [0.5, 0.6) is 0 Å². The van der Waals surface area contributed by atoms with Gasteiger partial charge in [-0.3, -0.25) is 9.69 Å². The minimum atomic E-state index is -1.04. The van der Waals surface area contributed by atoms with Gasteiger partial charge in [-0.05, 0) is 54.7 Å². The number of halogens is 1. The molecule has 1 atom stereocenters. The lowest BCUT2D eigenvalue weighted by Crippen LogP contribution is -2.27. The van der Waals surface area contributed by atoms with E-state index in [0.717, 1.165) is 19.3 Å². The zero-order chi connectivity index (χ0) is 14.6. The van der Waals surface area contributed by atoms with E-state index in [4.69, 9.17) is 0 Å². The van der Waals surface area contributed by atoms with E-state index in [9.17, 15) is 14.3 Å². The molecule has 0 aromatic heterocycles. The Morgan fingerprint density at radius 1 is 1.14 bits per heavy atom. The van der Waals surface area contributed by atoms with Crippen LogP contribution in [-0.2, 0) is 12.8 Å². The third kappa shape index (κ3) is 1.79. The Morgan fingerprint density at radius 3 is 2.67 bits per heavy atom. The highest BCUT2D eigenvalue weighted by Crippen LogP contribution is 2.39. The van der Waals surface area contributed by atoms with E-state index < -0.39 is 12.0 Å². The molecule has 106 valence electrons. The molecule has 0 bridgehead atoms. The lowest BCUT2D eigenvalue weighted by atomic mass is 10.0. The predicted octanol–water partition coefficient (Wildman–Crippen LogP) is 2.97. The van der Waals surface area contributed by atoms with Crippen molar-refractivity contribution in [2.75, 3.05) is 4.90 Å². The van der Waals surface area contributed by atoms with Crippen molar-refractivity contribution in [2.24, 2.45) is 0 Å². The average Bonchev–Trinajstić information content (AvgIpc) is 3.01. The van der Waals surface area contributed by atoms with Gasteiger partial charge in [0, 0.05) is 16.8 Å². The topological polar surface area (TPSA) is 40.5 Å². The molecule has 1 N–H and O–H groups in total. The first-order chi connectivity index (χ1) is 10.1. The largest absolute Gasteiger partial charge is 0.369 e. The number of benzene rings is 2. The fourth-order valence-corrected chi connectivity index (χ4v) is 3.31. The average molecular weight is 283 g/mol. The number of amides is 1. The quantitative estimate of drug-likeness (QED) is 0.874. The first-order valence-corrected chi connectivity index (χ1v) is 7.08. The Balaban J connectivity index is 1.82. The molecule has 1 aliphatic heterocycles. The van der Waals surface area contributed by atoms with Crippen molar-refractivity contribution in [3.05, 3.63) is 64.5 Å². The van der Waals surface area contributed by atoms with E-state index in [-0.39, 0.29) is 5.91 Å². The normalized spacial score (nSPS) is 19.8. The van der Waals surface area contributed by atoms with Crippen molar-refractivity contribution in [1.29, 1.82) is 0 Å². The molecule has 0 spiro atoms. The monoisotopic (exact) mass is 283 g/mol. The summed E-state index contributed by atoms with van der Waals surface area (Å²) in [5.41, 5.74) is 3.94. The molecule has 4 heteroatoms. The summed E-state index contributed by atoms with van der Waals surface area (Å²) >= 11 is 0. The molecule has 0 fully saturated rings. The molecule has 2 aromatic rings. The molecule has 3 nitrogen and oxygen atoms in total. The summed E-state index contributed by atoms with van der Waals surface area (Å²) < 4.78 is 13.4. The maximum absolute atomic E-state index is 13.4. The Hall–Kier alpha value is -2.20. The van der Waals surface area contributed by atoms with Gasteiger partial charge >= 0.3 is 0 Å². The highest BCUT2D eigenvalue weighted by Gasteiger charge is 2.37. The molecule has 0 saturated heterocycles. The van der Waals surface area contributed by atoms with Crippen LogP contribution in [0, 0.1) is 5.82 Å². The summed E-state index contributed by atoms with van der Waals surface area (Å²) in [5.74, 6) is -0.691. The highest BCUT2D eigenvalue weighted by atomic mass is 19.1. The van der Waals surface area contributed by atoms with Crippen molar-refractivity contribution in [2.45, 2.75) is 25.5 Å². The van der Waals surface area contributed by atoms with E-state index in [1.54, 1.807) is 6.07 Å². The van der Waals surface area contributed by atoms with E-state index in [1.807, 2.05) is 12.1 Å². The van der Waals surface area contributed by atoms with Crippen LogP contribution in [0.15, 0.2) is 36.4 Å². The highest BCUT2D eigenvalue weighted by molar-refractivity contribution is 6.11. The molecule has 2 aliphatic rings. The summed E-state index contributed by atoms with van der Waals surface area (Å²) in [6, 6.07) is 9.57. The summed E-state index contributed by atoms with van der Waals surface area (Å²) in [5, 5.41) is 10.5. The van der Waals surface area contributed by atoms with Gasteiger partial charge in [-0.15, -0.1) is 0 Å². The molecule has 2 aromatic carbocycles. The van der Waals surface area contributed by atoms with Crippen LogP contribution in [0.1, 0.15) is 39.7 Å². The summed E-state index contributed by atoms with van der Waals surface area (Å²) in [4.78, 5) is 13.8. The summed E-state index contributed by atoms with van der Waals surface area (Å²) in [6.07, 6.45) is 2.02. The van der Waals surface area contributed by atoms with E-state index >= 15 is 0 Å². The molecule has 1 aliphatic carbocycles. The number of fused-ring (bicyclic) bond motifs is 2. The van der Waals surface area contributed by atoms with Crippen molar-refractivity contribution in [1.82, 2.24) is 0 Å². The van der Waals surface area contributed by atoms with Gasteiger partial charge in [0.2, 0.25) is 0 Å². The fourth-order valence-electron chi connectivity index (χ4n) is 3.31. The van der Waals surface area contributed by atoms with Gasteiger partial charge in [0.15, 0.2) is 6.23 Å². The van der Waals surface area contributed by atoms with Gasteiger partial charge in [-0.1, -0.05) is 12.1 Å². The van der Waals surface area contributed by atoms with Crippen LogP contribution in [-0.4, -0.2) is 11.0 Å². The molecular formula is C17H14FNO2. The lowest BCUT2D eigenvalue weighted by Gasteiger charge is -2.20. The minimum absolute atomic E-state index is 0.266. The Kier molecular flexibility index (Phi) is 2.62. The maximum Gasteiger partial charge on any atom is 0.261 e. The Bertz CT molecular complexity index is 756. The molecule has 1 unspecified atom stereocenters. The number of hydrogen-bond donors (Lipinski definition) is 1. The Morgan fingerprint density at radius 2 is 1.90 bits per heavy atom. The second-order valence-corrected chi connectivity index (χ2v) is 5.59. The van der Waals surface area contributed by atoms with Gasteiger partial charge < -0.3 is 5.11 Å². The second kappa shape index (κ2) is 4.40. The zero-order valence-electron chi connectivity index (χ0n) is 11.3. The lowest BCUT2D eigenvalue weighted by molar-refractivity contribution is 0.0935. The van der Waals surface area contributed by atoms with Gasteiger partial charge in [0.1, 0.15) is 5.82 Å². The SMILES string of the molecule is O=C1c2cc3c(cc2C(O)N1c1cccc(F)c1)CCC3. The number of rotatable bonds is 1. The molecule has 1 amide bonds. The van der Waals surface area contributed by atoms with Crippen LogP contribution >= 0.6 is 0 Å². The van der Waals surface area contributed by atoms with Crippen LogP contribution in [0.4, 0.5) is 10.1 Å². The molecule has 4 rings (SSSR count). The summed E-state index contributed by atoms with van der Waals surface area (Å²) in [6.45, 7) is 0. The number of nitrogens with zero attached hydrogens (tertiary/aromatic N) is 1. The number of aliphatic hydroxyl groups excluding tert-OH is 1. The Labute approximate surface area is 121 Å². The first-order valence-electron chi connectivity index (χ1n) is 7.08. The van der Waals surface area contributed by atoms with E-state index in [2.05, 4.69) is 0 Å². The van der Waals surface area contributed by atoms with Crippen LogP contribution in [0.3, 0.4) is 0 Å². The van der Waals surface area contributed by atoms with Crippen molar-refractivity contribution >= 4 is 11.6 Å².